The monoisotopic (exact) mass is 354 g/mol. The van der Waals surface area contributed by atoms with Crippen LogP contribution in [0.2, 0.25) is 0 Å². The van der Waals surface area contributed by atoms with E-state index in [9.17, 15) is 0 Å². The minimum atomic E-state index is 0.332. The number of nitrogens with one attached hydrogen (secondary N) is 1. The fourth-order valence-electron chi connectivity index (χ4n) is 5.50. The molecule has 4 nitrogen and oxygen atoms in total. The Hall–Kier alpha value is -1.55. The molecule has 0 bridgehead atoms. The maximum atomic E-state index is 4.64. The number of rotatable bonds is 2. The van der Waals surface area contributed by atoms with E-state index in [1.165, 1.54) is 51.6 Å². The van der Waals surface area contributed by atoms with Gasteiger partial charge in [-0.15, -0.1) is 0 Å². The molecule has 1 N–H and O–H groups in total. The first-order valence-corrected chi connectivity index (χ1v) is 10.4. The Morgan fingerprint density at radius 3 is 2.88 bits per heavy atom. The van der Waals surface area contributed by atoms with E-state index in [0.717, 1.165) is 31.5 Å². The average molecular weight is 355 g/mol. The zero-order valence-corrected chi connectivity index (χ0v) is 16.5. The topological polar surface area (TPSA) is 30.9 Å². The number of piperidine rings is 1. The molecule has 1 aromatic carbocycles. The summed E-state index contributed by atoms with van der Waals surface area (Å²) in [6.07, 6.45) is 7.79. The van der Waals surface area contributed by atoms with E-state index in [2.05, 4.69) is 51.4 Å². The number of hydrogen-bond donors (Lipinski definition) is 1. The lowest BCUT2D eigenvalue weighted by Crippen LogP contribution is -2.53. The smallest absolute Gasteiger partial charge is 0.193 e. The van der Waals surface area contributed by atoms with Gasteiger partial charge in [-0.25, -0.2) is 0 Å². The Bertz CT molecular complexity index is 655. The van der Waals surface area contributed by atoms with Gasteiger partial charge < -0.3 is 15.1 Å². The highest BCUT2D eigenvalue weighted by molar-refractivity contribution is 5.80. The fourth-order valence-corrected chi connectivity index (χ4v) is 5.50. The third-order valence-electron chi connectivity index (χ3n) is 6.82. The number of aliphatic imine (C=N–C) groups is 1. The zero-order valence-electron chi connectivity index (χ0n) is 16.5. The van der Waals surface area contributed by atoms with Gasteiger partial charge in [-0.05, 0) is 69.2 Å². The molecule has 2 saturated heterocycles. The molecule has 2 unspecified atom stereocenters. The summed E-state index contributed by atoms with van der Waals surface area (Å²) in [5, 5.41) is 3.70. The second-order valence-corrected chi connectivity index (χ2v) is 8.66. The first-order valence-electron chi connectivity index (χ1n) is 10.4. The third kappa shape index (κ3) is 3.48. The normalized spacial score (nSPS) is 29.8. The molecule has 2 atom stereocenters. The number of nitrogens with zero attached hydrogens (tertiary/aromatic N) is 3. The molecule has 4 rings (SSSR count). The predicted octanol–water partition coefficient (Wildman–Crippen LogP) is 2.88. The highest BCUT2D eigenvalue weighted by Crippen LogP contribution is 2.43. The van der Waals surface area contributed by atoms with Gasteiger partial charge in [-0.1, -0.05) is 24.3 Å². The Kier molecular flexibility index (Phi) is 5.21. The first kappa shape index (κ1) is 17.8. The Morgan fingerprint density at radius 2 is 2.08 bits per heavy atom. The summed E-state index contributed by atoms with van der Waals surface area (Å²) in [6, 6.07) is 9.17. The van der Waals surface area contributed by atoms with Crippen molar-refractivity contribution in [3.05, 3.63) is 35.4 Å². The van der Waals surface area contributed by atoms with Crippen molar-refractivity contribution in [2.45, 2.75) is 43.9 Å². The molecule has 1 spiro atoms. The molecule has 26 heavy (non-hydrogen) atoms. The Labute approximate surface area is 158 Å². The SMILES string of the molecule is CN=C(NCC1CCN(C)C1)N1CCCC2(CCCc3ccccc32)C1. The van der Waals surface area contributed by atoms with E-state index in [1.54, 1.807) is 11.1 Å². The molecular weight excluding hydrogens is 320 g/mol. The zero-order chi connectivity index (χ0) is 18.0. The lowest BCUT2D eigenvalue weighted by atomic mass is 9.66. The summed E-state index contributed by atoms with van der Waals surface area (Å²) in [5.41, 5.74) is 3.53. The van der Waals surface area contributed by atoms with Crippen molar-refractivity contribution < 1.29 is 0 Å². The van der Waals surface area contributed by atoms with Crippen LogP contribution in [0.25, 0.3) is 0 Å². The minimum Gasteiger partial charge on any atom is -0.356 e. The van der Waals surface area contributed by atoms with Gasteiger partial charge in [0, 0.05) is 38.6 Å². The van der Waals surface area contributed by atoms with Gasteiger partial charge in [-0.3, -0.25) is 4.99 Å². The van der Waals surface area contributed by atoms with Gasteiger partial charge in [0.1, 0.15) is 0 Å². The molecule has 0 radical (unpaired) electrons. The van der Waals surface area contributed by atoms with E-state index in [1.807, 2.05) is 7.05 Å². The van der Waals surface area contributed by atoms with E-state index < -0.39 is 0 Å². The van der Waals surface area contributed by atoms with Gasteiger partial charge in [0.25, 0.3) is 0 Å². The molecule has 1 aliphatic carbocycles. The third-order valence-corrected chi connectivity index (χ3v) is 6.82. The minimum absolute atomic E-state index is 0.332. The molecule has 2 fully saturated rings. The summed E-state index contributed by atoms with van der Waals surface area (Å²) in [4.78, 5) is 9.61. The maximum absolute atomic E-state index is 4.64. The van der Waals surface area contributed by atoms with Crippen molar-refractivity contribution in [2.75, 3.05) is 46.8 Å². The highest BCUT2D eigenvalue weighted by Gasteiger charge is 2.40. The van der Waals surface area contributed by atoms with Crippen LogP contribution in [0.4, 0.5) is 0 Å². The molecule has 4 heteroatoms. The van der Waals surface area contributed by atoms with Gasteiger partial charge in [0.05, 0.1) is 0 Å². The second kappa shape index (κ2) is 7.59. The van der Waals surface area contributed by atoms with Crippen molar-refractivity contribution in [1.29, 1.82) is 0 Å². The van der Waals surface area contributed by atoms with Crippen LogP contribution in [0, 0.1) is 5.92 Å². The van der Waals surface area contributed by atoms with E-state index in [-0.39, 0.29) is 0 Å². The lowest BCUT2D eigenvalue weighted by molar-refractivity contribution is 0.188. The number of aryl methyl sites for hydroxylation is 1. The van der Waals surface area contributed by atoms with E-state index >= 15 is 0 Å². The largest absolute Gasteiger partial charge is 0.356 e. The summed E-state index contributed by atoms with van der Waals surface area (Å²) in [6.45, 7) is 5.75. The van der Waals surface area contributed by atoms with Crippen molar-refractivity contribution in [3.8, 4) is 0 Å². The molecule has 2 heterocycles. The number of likely N-dealkylation sites (tertiary alicyclic amines) is 2. The Morgan fingerprint density at radius 1 is 1.23 bits per heavy atom. The molecule has 0 saturated carbocycles. The molecular formula is C22H34N4. The van der Waals surface area contributed by atoms with Crippen molar-refractivity contribution in [1.82, 2.24) is 15.1 Å². The van der Waals surface area contributed by atoms with Crippen LogP contribution in [0.15, 0.2) is 29.3 Å². The molecule has 0 aromatic heterocycles. The Balaban J connectivity index is 1.46. The summed E-state index contributed by atoms with van der Waals surface area (Å²) < 4.78 is 0. The van der Waals surface area contributed by atoms with Crippen LogP contribution in [0.5, 0.6) is 0 Å². The second-order valence-electron chi connectivity index (χ2n) is 8.66. The average Bonchev–Trinajstić information content (AvgIpc) is 3.08. The van der Waals surface area contributed by atoms with Gasteiger partial charge in [-0.2, -0.15) is 0 Å². The lowest BCUT2D eigenvalue weighted by Gasteiger charge is -2.47. The molecule has 142 valence electrons. The first-order chi connectivity index (χ1) is 12.7. The summed E-state index contributed by atoms with van der Waals surface area (Å²) in [7, 11) is 4.17. The predicted molar refractivity (Wildman–Crippen MR) is 109 cm³/mol. The molecule has 2 aliphatic heterocycles. The van der Waals surface area contributed by atoms with Crippen LogP contribution in [-0.2, 0) is 11.8 Å². The molecule has 3 aliphatic rings. The van der Waals surface area contributed by atoms with Crippen molar-refractivity contribution >= 4 is 5.96 Å². The quantitative estimate of drug-likeness (QED) is 0.654. The van der Waals surface area contributed by atoms with Crippen molar-refractivity contribution in [2.24, 2.45) is 10.9 Å². The number of hydrogen-bond acceptors (Lipinski definition) is 2. The van der Waals surface area contributed by atoms with Gasteiger partial charge in [0.2, 0.25) is 0 Å². The number of fused-ring (bicyclic) bond motifs is 2. The number of benzene rings is 1. The molecule has 0 amide bonds. The fraction of sp³-hybridized carbons (Fsp3) is 0.682. The molecule has 1 aromatic rings. The van der Waals surface area contributed by atoms with Crippen LogP contribution in [0.1, 0.15) is 43.2 Å². The van der Waals surface area contributed by atoms with Gasteiger partial charge in [0.15, 0.2) is 5.96 Å². The number of guanidine groups is 1. The van der Waals surface area contributed by atoms with E-state index in [0.29, 0.717) is 5.41 Å². The van der Waals surface area contributed by atoms with E-state index in [4.69, 9.17) is 0 Å². The van der Waals surface area contributed by atoms with Gasteiger partial charge >= 0.3 is 0 Å². The highest BCUT2D eigenvalue weighted by atomic mass is 15.3. The standard InChI is InChI=1S/C22H34N4/c1-23-21(24-15-18-10-14-25(2)16-18)26-13-6-12-22(17-26)11-5-8-19-7-3-4-9-20(19)22/h3-4,7,9,18H,5-6,8,10-17H2,1-2H3,(H,23,24). The van der Waals surface area contributed by atoms with Crippen LogP contribution in [-0.4, -0.2) is 62.6 Å². The summed E-state index contributed by atoms with van der Waals surface area (Å²) in [5.74, 6) is 1.87. The maximum Gasteiger partial charge on any atom is 0.193 e. The van der Waals surface area contributed by atoms with Crippen molar-refractivity contribution in [3.63, 3.8) is 0 Å². The van der Waals surface area contributed by atoms with Crippen LogP contribution < -0.4 is 5.32 Å². The van der Waals surface area contributed by atoms with Crippen LogP contribution >= 0.6 is 0 Å². The summed E-state index contributed by atoms with van der Waals surface area (Å²) >= 11 is 0. The van der Waals surface area contributed by atoms with Crippen LogP contribution in [0.3, 0.4) is 0 Å².